The number of anilines is 1. The lowest BCUT2D eigenvalue weighted by Crippen LogP contribution is -2.10. The second-order valence-electron chi connectivity index (χ2n) is 9.41. The molecule has 1 amide bonds. The fourth-order valence-electron chi connectivity index (χ4n) is 4.75. The average molecular weight is 520 g/mol. The molecule has 0 aliphatic rings. The number of fused-ring (bicyclic) bond motifs is 2. The predicted octanol–water partition coefficient (Wildman–Crippen LogP) is 6.67. The van der Waals surface area contributed by atoms with Crippen molar-refractivity contribution in [1.29, 1.82) is 0 Å². The highest BCUT2D eigenvalue weighted by Crippen LogP contribution is 2.33. The summed E-state index contributed by atoms with van der Waals surface area (Å²) >= 11 is 0. The van der Waals surface area contributed by atoms with Gasteiger partial charge in [0.25, 0.3) is 0 Å². The number of aromatic amines is 2. The van der Waals surface area contributed by atoms with E-state index in [0.717, 1.165) is 40.6 Å². The van der Waals surface area contributed by atoms with E-state index in [1.807, 2.05) is 25.1 Å². The number of rotatable bonds is 7. The molecule has 2 aromatic carbocycles. The van der Waals surface area contributed by atoms with Crippen LogP contribution < -0.4 is 5.32 Å². The van der Waals surface area contributed by atoms with Gasteiger partial charge in [-0.15, -0.1) is 0 Å². The number of carbonyl (C=O) groups excluding carboxylic acids is 1. The smallest absolute Gasteiger partial charge is 0.224 e. The summed E-state index contributed by atoms with van der Waals surface area (Å²) in [5.41, 5.74) is 7.24. The van der Waals surface area contributed by atoms with E-state index in [9.17, 15) is 9.18 Å². The van der Waals surface area contributed by atoms with Crippen LogP contribution in [0.2, 0.25) is 0 Å². The van der Waals surface area contributed by atoms with Crippen LogP contribution in [-0.4, -0.2) is 36.0 Å². The number of carbonyl (C=O) groups is 1. The van der Waals surface area contributed by atoms with Gasteiger partial charge in [0, 0.05) is 41.2 Å². The molecule has 6 rings (SSSR count). The molecular weight excluding hydrogens is 493 g/mol. The van der Waals surface area contributed by atoms with E-state index in [4.69, 9.17) is 4.98 Å². The number of pyridine rings is 2. The first-order valence-corrected chi connectivity index (χ1v) is 12.9. The number of aryl methyl sites for hydroxylation is 1. The van der Waals surface area contributed by atoms with Crippen LogP contribution in [0.4, 0.5) is 10.1 Å². The first-order chi connectivity index (χ1) is 19.0. The number of H-pyrrole nitrogens is 2. The number of nitrogens with zero attached hydrogens (tertiary/aromatic N) is 4. The highest BCUT2D eigenvalue weighted by atomic mass is 19.1. The van der Waals surface area contributed by atoms with Crippen LogP contribution in [0.15, 0.2) is 67.1 Å². The van der Waals surface area contributed by atoms with Crippen LogP contribution in [0, 0.1) is 5.82 Å². The molecule has 3 N–H and O–H groups in total. The molecule has 4 heterocycles. The highest BCUT2D eigenvalue weighted by molar-refractivity contribution is 5.97. The molecule has 0 aliphatic heterocycles. The quantitative estimate of drug-likeness (QED) is 0.218. The van der Waals surface area contributed by atoms with Crippen molar-refractivity contribution in [1.82, 2.24) is 30.1 Å². The van der Waals surface area contributed by atoms with Gasteiger partial charge in [-0.2, -0.15) is 5.10 Å². The first-order valence-electron chi connectivity index (χ1n) is 12.9. The number of benzene rings is 2. The molecule has 0 unspecified atom stereocenters. The number of nitrogens with one attached hydrogen (secondary N) is 3. The molecule has 0 saturated carbocycles. The number of hydrogen-bond acceptors (Lipinski definition) is 5. The number of amides is 1. The van der Waals surface area contributed by atoms with E-state index in [2.05, 4.69) is 43.5 Å². The summed E-state index contributed by atoms with van der Waals surface area (Å²) in [5, 5.41) is 11.2. The summed E-state index contributed by atoms with van der Waals surface area (Å²) in [7, 11) is 0. The molecule has 9 heteroatoms. The number of imidazole rings is 1. The molecule has 0 spiro atoms. The maximum absolute atomic E-state index is 14.6. The summed E-state index contributed by atoms with van der Waals surface area (Å²) in [4.78, 5) is 29.2. The van der Waals surface area contributed by atoms with Crippen LogP contribution in [0.25, 0.3) is 55.8 Å². The second kappa shape index (κ2) is 10.1. The Morgan fingerprint density at radius 3 is 2.69 bits per heavy atom. The first kappa shape index (κ1) is 24.4. The van der Waals surface area contributed by atoms with Crippen LogP contribution in [0.3, 0.4) is 0 Å². The largest absolute Gasteiger partial charge is 0.335 e. The van der Waals surface area contributed by atoms with E-state index in [1.54, 1.807) is 36.8 Å². The Balaban J connectivity index is 1.43. The summed E-state index contributed by atoms with van der Waals surface area (Å²) in [6, 6.07) is 14.7. The van der Waals surface area contributed by atoms with Gasteiger partial charge in [-0.1, -0.05) is 38.1 Å². The summed E-state index contributed by atoms with van der Waals surface area (Å²) in [6.07, 6.45) is 7.16. The third-order valence-electron chi connectivity index (χ3n) is 6.70. The molecule has 194 valence electrons. The fraction of sp³-hybridized carbons (Fsp3) is 0.167. The molecule has 8 nitrogen and oxygen atoms in total. The maximum atomic E-state index is 14.6. The lowest BCUT2D eigenvalue weighted by atomic mass is 10.0. The SMILES string of the molecule is CCCC(=O)Nc1cc(CC)cc(-c2cnc3n[nH]c(-c4nc5c(-c6ccccc6F)cncc5[nH]4)c3c2)c1. The van der Waals surface area contributed by atoms with Gasteiger partial charge >= 0.3 is 0 Å². The van der Waals surface area contributed by atoms with Gasteiger partial charge in [0.1, 0.15) is 17.0 Å². The second-order valence-corrected chi connectivity index (χ2v) is 9.41. The van der Waals surface area contributed by atoms with E-state index >= 15 is 0 Å². The third kappa shape index (κ3) is 4.63. The molecule has 4 aromatic heterocycles. The minimum absolute atomic E-state index is 0.00321. The summed E-state index contributed by atoms with van der Waals surface area (Å²) in [5.74, 6) is 0.208. The fourth-order valence-corrected chi connectivity index (χ4v) is 4.75. The van der Waals surface area contributed by atoms with Gasteiger partial charge in [0.15, 0.2) is 11.5 Å². The summed E-state index contributed by atoms with van der Waals surface area (Å²) < 4.78 is 14.6. The number of hydrogen-bond donors (Lipinski definition) is 3. The Morgan fingerprint density at radius 2 is 1.87 bits per heavy atom. The zero-order chi connectivity index (χ0) is 26.9. The monoisotopic (exact) mass is 519 g/mol. The van der Waals surface area contributed by atoms with Crippen molar-refractivity contribution in [3.63, 3.8) is 0 Å². The minimum atomic E-state index is -0.336. The Labute approximate surface area is 223 Å². The lowest BCUT2D eigenvalue weighted by Gasteiger charge is -2.10. The zero-order valence-corrected chi connectivity index (χ0v) is 21.5. The molecule has 0 bridgehead atoms. The van der Waals surface area contributed by atoms with Crippen molar-refractivity contribution < 1.29 is 9.18 Å². The van der Waals surface area contributed by atoms with Crippen LogP contribution in [-0.2, 0) is 11.2 Å². The van der Waals surface area contributed by atoms with E-state index in [0.29, 0.717) is 45.7 Å². The molecule has 0 atom stereocenters. The van der Waals surface area contributed by atoms with Crippen molar-refractivity contribution in [2.24, 2.45) is 0 Å². The maximum Gasteiger partial charge on any atom is 0.224 e. The summed E-state index contributed by atoms with van der Waals surface area (Å²) in [6.45, 7) is 4.06. The van der Waals surface area contributed by atoms with Crippen molar-refractivity contribution in [2.75, 3.05) is 5.32 Å². The molecule has 0 fully saturated rings. The van der Waals surface area contributed by atoms with Gasteiger partial charge in [-0.3, -0.25) is 14.9 Å². The lowest BCUT2D eigenvalue weighted by molar-refractivity contribution is -0.116. The molecule has 0 radical (unpaired) electrons. The van der Waals surface area contributed by atoms with Gasteiger partial charge in [-0.05, 0) is 48.2 Å². The predicted molar refractivity (Wildman–Crippen MR) is 151 cm³/mol. The van der Waals surface area contributed by atoms with Crippen LogP contribution in [0.5, 0.6) is 0 Å². The number of halogens is 1. The molecular formula is C30H26FN7O. The Morgan fingerprint density at radius 1 is 1.00 bits per heavy atom. The average Bonchev–Trinajstić information content (AvgIpc) is 3.57. The zero-order valence-electron chi connectivity index (χ0n) is 21.5. The third-order valence-corrected chi connectivity index (χ3v) is 6.70. The standard InChI is InChI=1S/C30H26FN7O/c1-3-7-26(39)34-20-11-17(4-2)10-18(12-20)19-13-22-28(37-38-29(22)33-14-19)30-35-25-16-32-15-23(27(25)36-30)21-8-5-6-9-24(21)31/h5-6,8-16H,3-4,7H2,1-2H3,(H,34,39)(H,35,36)(H,33,37,38). The van der Waals surface area contributed by atoms with Crippen LogP contribution >= 0.6 is 0 Å². The van der Waals surface area contributed by atoms with Crippen molar-refractivity contribution in [3.8, 4) is 33.8 Å². The molecule has 39 heavy (non-hydrogen) atoms. The van der Waals surface area contributed by atoms with Gasteiger partial charge in [0.05, 0.1) is 17.1 Å². The topological polar surface area (TPSA) is 112 Å². The van der Waals surface area contributed by atoms with Gasteiger partial charge in [-0.25, -0.2) is 14.4 Å². The Kier molecular flexibility index (Phi) is 6.32. The van der Waals surface area contributed by atoms with E-state index in [1.165, 1.54) is 6.07 Å². The highest BCUT2D eigenvalue weighted by Gasteiger charge is 2.18. The Bertz CT molecular complexity index is 1840. The van der Waals surface area contributed by atoms with Crippen molar-refractivity contribution in [3.05, 3.63) is 78.5 Å². The molecule has 6 aromatic rings. The Hall–Kier alpha value is -4.92. The number of aromatic nitrogens is 6. The van der Waals surface area contributed by atoms with Gasteiger partial charge < -0.3 is 10.3 Å². The molecule has 0 saturated heterocycles. The van der Waals surface area contributed by atoms with E-state index in [-0.39, 0.29) is 11.7 Å². The minimum Gasteiger partial charge on any atom is -0.335 e. The van der Waals surface area contributed by atoms with Gasteiger partial charge in [0.2, 0.25) is 5.91 Å². The normalized spacial score (nSPS) is 11.4. The van der Waals surface area contributed by atoms with Crippen molar-refractivity contribution in [2.45, 2.75) is 33.1 Å². The van der Waals surface area contributed by atoms with Crippen LogP contribution in [0.1, 0.15) is 32.3 Å². The van der Waals surface area contributed by atoms with E-state index < -0.39 is 0 Å². The van der Waals surface area contributed by atoms with Crippen molar-refractivity contribution >= 4 is 33.7 Å². The molecule has 0 aliphatic carbocycles.